The van der Waals surface area contributed by atoms with Crippen LogP contribution in [-0.2, 0) is 32.6 Å². The first-order valence-electron chi connectivity index (χ1n) is 19.2. The van der Waals surface area contributed by atoms with Crippen molar-refractivity contribution in [3.8, 4) is 28.7 Å². The molecule has 0 bridgehead atoms. The molecule has 1 fully saturated rings. The summed E-state index contributed by atoms with van der Waals surface area (Å²) in [4.78, 5) is 18.6. The summed E-state index contributed by atoms with van der Waals surface area (Å²) in [5, 5.41) is 1.62. The maximum atomic E-state index is 15.2. The molecule has 1 aliphatic heterocycles. The smallest absolute Gasteiger partial charge is 0.419 e. The number of nitrogens with one attached hydrogen (secondary N) is 1. The van der Waals surface area contributed by atoms with Gasteiger partial charge in [-0.05, 0) is 30.3 Å². The average Bonchev–Trinajstić information content (AvgIpc) is 3.58. The third-order valence-corrected chi connectivity index (χ3v) is 10.8. The number of ether oxygens (including phenoxy) is 6. The Morgan fingerprint density at radius 1 is 0.911 bits per heavy atom. The summed E-state index contributed by atoms with van der Waals surface area (Å²) in [5.41, 5.74) is -4.15. The number of pyridine rings is 1. The zero-order valence-electron chi connectivity index (χ0n) is 36.1. The number of halogens is 5. The molecule has 5 rings (SSSR count). The molecule has 1 N–H and O–H groups in total. The van der Waals surface area contributed by atoms with Crippen molar-refractivity contribution in [1.82, 2.24) is 9.29 Å². The van der Waals surface area contributed by atoms with Gasteiger partial charge in [0.2, 0.25) is 11.7 Å². The first kappa shape index (κ1) is 33.9. The van der Waals surface area contributed by atoms with Gasteiger partial charge in [0.1, 0.15) is 29.0 Å². The standard InChI is InChI=1S/C37H39F5N4O9S/c1-50-25-9-7-22(30(16-25)52-3)19-45(20-23-8-10-26(51-2)17-31(23)53-4)56(48,49)32-15-24(13-14-43-32)44-35(47)29-18-36(55-6,37(40,41)42)21-46(29)28-12-11-27(38)33(39)34(28)54-5/h7-17,29H,18-21H2,1-6H3,(H,43,44,47)/i5D3,6D3. The summed E-state index contributed by atoms with van der Waals surface area (Å²) in [6.45, 7) is -2.22. The molecule has 13 nitrogen and oxygen atoms in total. The van der Waals surface area contributed by atoms with Crippen molar-refractivity contribution in [2.75, 3.05) is 59.3 Å². The van der Waals surface area contributed by atoms with Crippen LogP contribution >= 0.6 is 0 Å². The van der Waals surface area contributed by atoms with Crippen molar-refractivity contribution < 1.29 is 71.8 Å². The Bertz CT molecular complexity index is 2340. The maximum Gasteiger partial charge on any atom is 0.419 e. The Morgan fingerprint density at radius 3 is 2.07 bits per heavy atom. The van der Waals surface area contributed by atoms with E-state index in [0.717, 1.165) is 22.6 Å². The Kier molecular flexibility index (Phi) is 10.1. The first-order valence-corrected chi connectivity index (χ1v) is 17.7. The van der Waals surface area contributed by atoms with Crippen LogP contribution in [0.2, 0.25) is 0 Å². The molecular formula is C37H39F5N4O9S. The van der Waals surface area contributed by atoms with Gasteiger partial charge in [0.25, 0.3) is 10.0 Å². The van der Waals surface area contributed by atoms with Crippen LogP contribution in [0.15, 0.2) is 71.9 Å². The fourth-order valence-electron chi connectivity index (χ4n) is 6.10. The van der Waals surface area contributed by atoms with Crippen LogP contribution in [0.25, 0.3) is 0 Å². The van der Waals surface area contributed by atoms with Crippen LogP contribution in [0.5, 0.6) is 28.7 Å². The van der Waals surface area contributed by atoms with Crippen LogP contribution < -0.4 is 33.9 Å². The number of amides is 1. The number of benzene rings is 3. The summed E-state index contributed by atoms with van der Waals surface area (Å²) < 4.78 is 180. The normalized spacial score (nSPS) is 19.2. The lowest BCUT2D eigenvalue weighted by molar-refractivity contribution is -0.261. The minimum absolute atomic E-state index is 0.257. The highest BCUT2D eigenvalue weighted by Crippen LogP contribution is 2.47. The second-order valence-corrected chi connectivity index (χ2v) is 14.1. The second kappa shape index (κ2) is 16.8. The average molecular weight is 817 g/mol. The van der Waals surface area contributed by atoms with Crippen molar-refractivity contribution in [2.24, 2.45) is 0 Å². The second-order valence-electron chi connectivity index (χ2n) is 12.3. The summed E-state index contributed by atoms with van der Waals surface area (Å²) in [5.74, 6) is -5.05. The molecule has 19 heteroatoms. The lowest BCUT2D eigenvalue weighted by Crippen LogP contribution is -2.49. The van der Waals surface area contributed by atoms with Gasteiger partial charge in [0.15, 0.2) is 22.2 Å². The van der Waals surface area contributed by atoms with E-state index in [9.17, 15) is 30.8 Å². The number of nitrogens with zero attached hydrogens (tertiary/aromatic N) is 3. The number of alkyl halides is 3. The number of carbonyl (C=O) groups excluding carboxylic acids is 1. The third-order valence-electron chi connectivity index (χ3n) is 9.07. The number of hydrogen-bond donors (Lipinski definition) is 1. The highest BCUT2D eigenvalue weighted by Gasteiger charge is 2.63. The Labute approximate surface area is 328 Å². The first-order chi connectivity index (χ1) is 28.8. The predicted molar refractivity (Wildman–Crippen MR) is 193 cm³/mol. The molecule has 1 saturated heterocycles. The lowest BCUT2D eigenvalue weighted by Gasteiger charge is -2.31. The van der Waals surface area contributed by atoms with Crippen LogP contribution in [0, 0.1) is 11.6 Å². The molecule has 3 aromatic carbocycles. The highest BCUT2D eigenvalue weighted by molar-refractivity contribution is 7.89. The number of aromatic nitrogens is 1. The highest BCUT2D eigenvalue weighted by atomic mass is 32.2. The lowest BCUT2D eigenvalue weighted by atomic mass is 9.99. The van der Waals surface area contributed by atoms with Gasteiger partial charge in [-0.15, -0.1) is 0 Å². The zero-order chi connectivity index (χ0) is 46.0. The maximum absolute atomic E-state index is 15.2. The predicted octanol–water partition coefficient (Wildman–Crippen LogP) is 5.96. The van der Waals surface area contributed by atoms with Gasteiger partial charge in [-0.3, -0.25) is 4.79 Å². The minimum Gasteiger partial charge on any atom is -0.497 e. The van der Waals surface area contributed by atoms with Crippen molar-refractivity contribution in [3.05, 3.63) is 89.6 Å². The number of sulfonamides is 1. The molecule has 0 aliphatic carbocycles. The van der Waals surface area contributed by atoms with Crippen molar-refractivity contribution >= 4 is 27.3 Å². The molecule has 0 spiro atoms. The molecule has 1 amide bonds. The van der Waals surface area contributed by atoms with Crippen molar-refractivity contribution in [3.63, 3.8) is 0 Å². The van der Waals surface area contributed by atoms with Crippen LogP contribution in [0.4, 0.5) is 33.3 Å². The third kappa shape index (κ3) is 8.24. The monoisotopic (exact) mass is 816 g/mol. The van der Waals surface area contributed by atoms with Gasteiger partial charge in [-0.1, -0.05) is 12.1 Å². The molecule has 1 aliphatic rings. The van der Waals surface area contributed by atoms with E-state index in [1.807, 2.05) is 0 Å². The molecule has 2 atom stereocenters. The van der Waals surface area contributed by atoms with E-state index in [0.29, 0.717) is 39.7 Å². The van der Waals surface area contributed by atoms with Gasteiger partial charge >= 0.3 is 6.18 Å². The number of rotatable bonds is 15. The van der Waals surface area contributed by atoms with E-state index >= 15 is 4.39 Å². The molecule has 302 valence electrons. The minimum atomic E-state index is -5.53. The molecule has 4 aromatic rings. The van der Waals surface area contributed by atoms with Gasteiger partial charge in [-0.25, -0.2) is 17.8 Å². The fourth-order valence-corrected chi connectivity index (χ4v) is 7.45. The van der Waals surface area contributed by atoms with E-state index < -0.39 is 88.9 Å². The summed E-state index contributed by atoms with van der Waals surface area (Å²) in [7, 11) is -6.31. The Balaban J connectivity index is 1.57. The molecule has 0 saturated carbocycles. The van der Waals surface area contributed by atoms with Gasteiger partial charge in [-0.2, -0.15) is 21.9 Å². The number of carbonyl (C=O) groups is 1. The van der Waals surface area contributed by atoms with Gasteiger partial charge in [0, 0.05) is 67.8 Å². The SMILES string of the molecule is [2H]C([2H])([2H])Oc1c(N2CC(OC([2H])([2H])[2H])(C(F)(F)F)CC2C(=O)Nc2ccnc(S(=O)(=O)N(Cc3ccc(OC)cc3OC)Cc3ccc(OC)cc3OC)c2)ccc(F)c1F. The van der Waals surface area contributed by atoms with E-state index in [1.54, 1.807) is 24.3 Å². The van der Waals surface area contributed by atoms with E-state index in [-0.39, 0.29) is 30.3 Å². The van der Waals surface area contributed by atoms with E-state index in [1.165, 1.54) is 40.6 Å². The van der Waals surface area contributed by atoms with Crippen molar-refractivity contribution in [2.45, 2.75) is 42.4 Å². The molecular weight excluding hydrogens is 771 g/mol. The Morgan fingerprint density at radius 2 is 1.54 bits per heavy atom. The molecule has 2 heterocycles. The van der Waals surface area contributed by atoms with Crippen LogP contribution in [0.3, 0.4) is 0 Å². The van der Waals surface area contributed by atoms with Gasteiger partial charge in [0.05, 0.1) is 55.9 Å². The molecule has 56 heavy (non-hydrogen) atoms. The Hall–Kier alpha value is -5.40. The summed E-state index contributed by atoms with van der Waals surface area (Å²) in [6, 6.07) is 10.2. The van der Waals surface area contributed by atoms with Gasteiger partial charge < -0.3 is 38.6 Å². The molecule has 1 aromatic heterocycles. The fraction of sp³-hybridized carbons (Fsp3) is 0.351. The topological polar surface area (TPSA) is 138 Å². The largest absolute Gasteiger partial charge is 0.497 e. The van der Waals surface area contributed by atoms with Crippen LogP contribution in [0.1, 0.15) is 25.8 Å². The number of hydrogen-bond acceptors (Lipinski definition) is 11. The van der Waals surface area contributed by atoms with E-state index in [4.69, 9.17) is 27.2 Å². The molecule has 0 radical (unpaired) electrons. The summed E-state index contributed by atoms with van der Waals surface area (Å²) in [6.07, 6.45) is -6.03. The number of methoxy groups -OCH3 is 6. The summed E-state index contributed by atoms with van der Waals surface area (Å²) >= 11 is 0. The quantitative estimate of drug-likeness (QED) is 0.142. The van der Waals surface area contributed by atoms with E-state index in [2.05, 4.69) is 19.8 Å². The molecule has 2 unspecified atom stereocenters. The van der Waals surface area contributed by atoms with Crippen LogP contribution in [-0.4, -0.2) is 90.5 Å². The van der Waals surface area contributed by atoms with Crippen molar-refractivity contribution in [1.29, 1.82) is 0 Å². The zero-order valence-corrected chi connectivity index (χ0v) is 30.9. The number of anilines is 2.